The summed E-state index contributed by atoms with van der Waals surface area (Å²) in [5.41, 5.74) is 0.368. The summed E-state index contributed by atoms with van der Waals surface area (Å²) in [6, 6.07) is 5.42. The summed E-state index contributed by atoms with van der Waals surface area (Å²) >= 11 is 5.99. The topological polar surface area (TPSA) is 68.7 Å². The number of phenolic OH excluding ortho intramolecular Hbond substituents is 1. The van der Waals surface area contributed by atoms with Gasteiger partial charge in [-0.2, -0.15) is 0 Å². The number of alkyl halides is 2. The van der Waals surface area contributed by atoms with Gasteiger partial charge in [-0.05, 0) is 38.1 Å². The Morgan fingerprint density at radius 3 is 2.64 bits per heavy atom. The second-order valence-electron chi connectivity index (χ2n) is 5.09. The minimum atomic E-state index is -2.67. The summed E-state index contributed by atoms with van der Waals surface area (Å²) in [5.74, 6) is -0.729. The highest BCUT2D eigenvalue weighted by molar-refractivity contribution is 6.33. The smallest absolute Gasteiger partial charge is 0.347 e. The first-order chi connectivity index (χ1) is 11.8. The van der Waals surface area contributed by atoms with Crippen molar-refractivity contribution in [2.75, 3.05) is 6.61 Å². The molecule has 0 aliphatic rings. The van der Waals surface area contributed by atoms with Crippen LogP contribution in [0.3, 0.4) is 0 Å². The van der Waals surface area contributed by atoms with Crippen molar-refractivity contribution in [3.63, 3.8) is 0 Å². The highest BCUT2D eigenvalue weighted by Crippen LogP contribution is 2.35. The fraction of sp³-hybridized carbons (Fsp3) is 0.294. The third kappa shape index (κ3) is 4.57. The van der Waals surface area contributed by atoms with E-state index in [0.29, 0.717) is 5.56 Å². The summed E-state index contributed by atoms with van der Waals surface area (Å²) in [4.78, 5) is 15.5. The highest BCUT2D eigenvalue weighted by Gasteiger charge is 2.18. The van der Waals surface area contributed by atoms with Gasteiger partial charge >= 0.3 is 5.97 Å². The van der Waals surface area contributed by atoms with E-state index in [0.717, 1.165) is 12.3 Å². The third-order valence-electron chi connectivity index (χ3n) is 3.27. The molecule has 0 fully saturated rings. The lowest BCUT2D eigenvalue weighted by molar-refractivity contribution is -0.150. The fourth-order valence-corrected chi connectivity index (χ4v) is 2.33. The summed E-state index contributed by atoms with van der Waals surface area (Å²) in [6.07, 6.45) is -2.55. The largest absolute Gasteiger partial charge is 0.504 e. The quantitative estimate of drug-likeness (QED) is 0.763. The van der Waals surface area contributed by atoms with E-state index in [1.807, 2.05) is 0 Å². The van der Waals surface area contributed by atoms with Gasteiger partial charge in [0.15, 0.2) is 17.6 Å². The summed E-state index contributed by atoms with van der Waals surface area (Å²) < 4.78 is 35.5. The van der Waals surface area contributed by atoms with Gasteiger partial charge in [0.25, 0.3) is 6.43 Å². The van der Waals surface area contributed by atoms with Gasteiger partial charge in [0.05, 0.1) is 17.3 Å². The van der Waals surface area contributed by atoms with Crippen LogP contribution in [0, 0.1) is 0 Å². The molecule has 0 spiro atoms. The van der Waals surface area contributed by atoms with E-state index in [1.165, 1.54) is 19.1 Å². The van der Waals surface area contributed by atoms with Crippen LogP contribution in [0.25, 0.3) is 11.3 Å². The average molecular weight is 372 g/mol. The molecule has 0 saturated heterocycles. The number of halogens is 3. The predicted molar refractivity (Wildman–Crippen MR) is 88.0 cm³/mol. The molecule has 134 valence electrons. The van der Waals surface area contributed by atoms with E-state index >= 15 is 0 Å². The van der Waals surface area contributed by atoms with Crippen molar-refractivity contribution in [3.8, 4) is 22.8 Å². The Labute approximate surface area is 148 Å². The standard InChI is InChI=1S/C17H16ClF2NO4/c1-3-24-17(23)9(2)25-14-5-4-10(7-13(14)22)15-12(18)6-11(8-21-15)16(19)20/h4-9,16,22H,3H2,1-2H3. The zero-order valence-corrected chi connectivity index (χ0v) is 14.3. The predicted octanol–water partition coefficient (Wildman–Crippen LogP) is 4.38. The van der Waals surface area contributed by atoms with Crippen molar-refractivity contribution in [3.05, 3.63) is 41.0 Å². The van der Waals surface area contributed by atoms with Crippen molar-refractivity contribution in [2.45, 2.75) is 26.4 Å². The summed E-state index contributed by atoms with van der Waals surface area (Å²) in [7, 11) is 0. The Morgan fingerprint density at radius 2 is 2.08 bits per heavy atom. The Hall–Kier alpha value is -2.41. The number of phenols is 1. The van der Waals surface area contributed by atoms with Gasteiger partial charge < -0.3 is 14.6 Å². The summed E-state index contributed by atoms with van der Waals surface area (Å²) in [6.45, 7) is 3.38. The molecule has 0 bridgehead atoms. The number of rotatable bonds is 6. The third-order valence-corrected chi connectivity index (χ3v) is 3.56. The maximum atomic E-state index is 12.6. The van der Waals surface area contributed by atoms with Gasteiger partial charge in [-0.15, -0.1) is 0 Å². The molecular formula is C17H16ClF2NO4. The number of hydrogen-bond donors (Lipinski definition) is 1. The van der Waals surface area contributed by atoms with Crippen molar-refractivity contribution < 1.29 is 28.2 Å². The lowest BCUT2D eigenvalue weighted by Gasteiger charge is -2.15. The van der Waals surface area contributed by atoms with Gasteiger partial charge in [0, 0.05) is 17.3 Å². The molecule has 0 amide bonds. The van der Waals surface area contributed by atoms with Crippen LogP contribution in [0.5, 0.6) is 11.5 Å². The first-order valence-corrected chi connectivity index (χ1v) is 7.81. The number of aromatic nitrogens is 1. The molecule has 1 aromatic carbocycles. The molecule has 1 atom stereocenters. The molecule has 0 radical (unpaired) electrons. The minimum Gasteiger partial charge on any atom is -0.504 e. The van der Waals surface area contributed by atoms with Crippen molar-refractivity contribution in [1.29, 1.82) is 0 Å². The van der Waals surface area contributed by atoms with Crippen LogP contribution in [0.4, 0.5) is 8.78 Å². The number of esters is 1. The van der Waals surface area contributed by atoms with E-state index in [-0.39, 0.29) is 34.4 Å². The van der Waals surface area contributed by atoms with E-state index in [4.69, 9.17) is 21.1 Å². The Balaban J connectivity index is 2.23. The number of carbonyl (C=O) groups excluding carboxylic acids is 1. The molecule has 1 heterocycles. The van der Waals surface area contributed by atoms with Crippen LogP contribution in [0.2, 0.25) is 5.02 Å². The maximum absolute atomic E-state index is 12.6. The van der Waals surface area contributed by atoms with E-state index in [9.17, 15) is 18.7 Å². The molecule has 1 unspecified atom stereocenters. The highest BCUT2D eigenvalue weighted by atomic mass is 35.5. The molecule has 0 saturated carbocycles. The second-order valence-corrected chi connectivity index (χ2v) is 5.50. The summed E-state index contributed by atoms with van der Waals surface area (Å²) in [5, 5.41) is 10.1. The number of benzene rings is 1. The zero-order chi connectivity index (χ0) is 18.6. The number of carbonyl (C=O) groups is 1. The van der Waals surface area contributed by atoms with Crippen molar-refractivity contribution in [1.82, 2.24) is 4.98 Å². The van der Waals surface area contributed by atoms with Gasteiger partial charge in [-0.1, -0.05) is 11.6 Å². The Morgan fingerprint density at radius 1 is 1.36 bits per heavy atom. The number of ether oxygens (including phenoxy) is 2. The SMILES string of the molecule is CCOC(=O)C(C)Oc1ccc(-c2ncc(C(F)F)cc2Cl)cc1O. The molecule has 0 aliphatic carbocycles. The van der Waals surface area contributed by atoms with E-state index < -0.39 is 18.5 Å². The van der Waals surface area contributed by atoms with Crippen LogP contribution >= 0.6 is 11.6 Å². The Kier molecular flexibility index (Phi) is 6.14. The molecule has 1 N–H and O–H groups in total. The normalized spacial score (nSPS) is 12.1. The molecule has 2 rings (SSSR count). The molecule has 2 aromatic rings. The van der Waals surface area contributed by atoms with E-state index in [2.05, 4.69) is 4.98 Å². The molecule has 25 heavy (non-hydrogen) atoms. The molecule has 8 heteroatoms. The van der Waals surface area contributed by atoms with Gasteiger partial charge in [0.2, 0.25) is 0 Å². The first-order valence-electron chi connectivity index (χ1n) is 7.43. The number of pyridine rings is 1. The van der Waals surface area contributed by atoms with E-state index in [1.54, 1.807) is 13.0 Å². The van der Waals surface area contributed by atoms with Crippen LogP contribution in [0.15, 0.2) is 30.5 Å². The number of hydrogen-bond acceptors (Lipinski definition) is 5. The molecule has 5 nitrogen and oxygen atoms in total. The first kappa shape index (κ1) is 18.9. The molecular weight excluding hydrogens is 356 g/mol. The van der Waals surface area contributed by atoms with Crippen LogP contribution < -0.4 is 4.74 Å². The second kappa shape index (κ2) is 8.11. The molecule has 0 aliphatic heterocycles. The van der Waals surface area contributed by atoms with Crippen molar-refractivity contribution >= 4 is 17.6 Å². The van der Waals surface area contributed by atoms with Crippen molar-refractivity contribution in [2.24, 2.45) is 0 Å². The fourth-order valence-electron chi connectivity index (χ4n) is 2.05. The lowest BCUT2D eigenvalue weighted by atomic mass is 10.1. The van der Waals surface area contributed by atoms with Gasteiger partial charge in [0.1, 0.15) is 0 Å². The Bertz CT molecular complexity index is 770. The van der Waals surface area contributed by atoms with Gasteiger partial charge in [-0.3, -0.25) is 4.98 Å². The lowest BCUT2D eigenvalue weighted by Crippen LogP contribution is -2.26. The number of nitrogens with zero attached hydrogens (tertiary/aromatic N) is 1. The van der Waals surface area contributed by atoms with Crippen LogP contribution in [-0.2, 0) is 9.53 Å². The zero-order valence-electron chi connectivity index (χ0n) is 13.5. The van der Waals surface area contributed by atoms with Crippen LogP contribution in [-0.4, -0.2) is 28.8 Å². The molecule has 1 aromatic heterocycles. The monoisotopic (exact) mass is 371 g/mol. The maximum Gasteiger partial charge on any atom is 0.347 e. The van der Waals surface area contributed by atoms with Gasteiger partial charge in [-0.25, -0.2) is 13.6 Å². The van der Waals surface area contributed by atoms with Crippen LogP contribution in [0.1, 0.15) is 25.8 Å². The number of aromatic hydroxyl groups is 1. The average Bonchev–Trinajstić information content (AvgIpc) is 2.56. The minimum absolute atomic E-state index is 0.0331.